The van der Waals surface area contributed by atoms with E-state index in [0.717, 1.165) is 44.5 Å². The quantitative estimate of drug-likeness (QED) is 0.903. The lowest BCUT2D eigenvalue weighted by molar-refractivity contribution is -0.131. The van der Waals surface area contributed by atoms with E-state index in [1.807, 2.05) is 19.4 Å². The highest BCUT2D eigenvalue weighted by Crippen LogP contribution is 2.27. The molecule has 0 bridgehead atoms. The van der Waals surface area contributed by atoms with Crippen LogP contribution in [0, 0.1) is 6.92 Å². The molecular formula is C16H22ClN3O2S. The molecule has 7 heteroatoms. The maximum atomic E-state index is 12.3. The molecule has 0 aliphatic carbocycles. The standard InChI is InChI=1S/C16H22ClN3O2S/c1-10-9-23-14(13(10)17)15(21)18-11-3-7-20(8-4-11)12-5-6-19(2)16(12)22/h9,11-12H,3-8H2,1-2H3,(H,18,21). The van der Waals surface area contributed by atoms with Crippen molar-refractivity contribution in [1.82, 2.24) is 15.1 Å². The summed E-state index contributed by atoms with van der Waals surface area (Å²) < 4.78 is 0. The number of rotatable bonds is 3. The van der Waals surface area contributed by atoms with Crippen LogP contribution < -0.4 is 5.32 Å². The van der Waals surface area contributed by atoms with Crippen LogP contribution >= 0.6 is 22.9 Å². The van der Waals surface area contributed by atoms with Gasteiger partial charge in [0.05, 0.1) is 11.1 Å². The summed E-state index contributed by atoms with van der Waals surface area (Å²) in [6.07, 6.45) is 2.67. The fraction of sp³-hybridized carbons (Fsp3) is 0.625. The molecule has 0 spiro atoms. The Kier molecular flexibility index (Phi) is 4.94. The normalized spacial score (nSPS) is 23.5. The lowest BCUT2D eigenvalue weighted by atomic mass is 10.0. The highest BCUT2D eigenvalue weighted by Gasteiger charge is 2.36. The zero-order chi connectivity index (χ0) is 16.6. The number of likely N-dealkylation sites (N-methyl/N-ethyl adjacent to an activating group) is 1. The molecule has 23 heavy (non-hydrogen) atoms. The number of hydrogen-bond donors (Lipinski definition) is 1. The second-order valence-electron chi connectivity index (χ2n) is 6.41. The van der Waals surface area contributed by atoms with Crippen LogP contribution in [0.25, 0.3) is 0 Å². The average molecular weight is 356 g/mol. The number of likely N-dealkylation sites (tertiary alicyclic amines) is 2. The average Bonchev–Trinajstić information content (AvgIpc) is 3.04. The van der Waals surface area contributed by atoms with Gasteiger partial charge < -0.3 is 10.2 Å². The number of piperidine rings is 1. The van der Waals surface area contributed by atoms with Gasteiger partial charge >= 0.3 is 0 Å². The van der Waals surface area contributed by atoms with Gasteiger partial charge in [0.2, 0.25) is 5.91 Å². The summed E-state index contributed by atoms with van der Waals surface area (Å²) in [4.78, 5) is 29.1. The maximum absolute atomic E-state index is 12.3. The van der Waals surface area contributed by atoms with E-state index in [0.29, 0.717) is 9.90 Å². The summed E-state index contributed by atoms with van der Waals surface area (Å²) in [6, 6.07) is 0.192. The highest BCUT2D eigenvalue weighted by atomic mass is 35.5. The number of hydrogen-bond acceptors (Lipinski definition) is 4. The van der Waals surface area contributed by atoms with Crippen LogP contribution in [0.5, 0.6) is 0 Å². The monoisotopic (exact) mass is 355 g/mol. The number of amides is 2. The zero-order valence-corrected chi connectivity index (χ0v) is 15.0. The van der Waals surface area contributed by atoms with Crippen molar-refractivity contribution in [1.29, 1.82) is 0 Å². The smallest absolute Gasteiger partial charge is 0.263 e. The third kappa shape index (κ3) is 3.39. The Bertz CT molecular complexity index is 610. The van der Waals surface area contributed by atoms with Crippen molar-refractivity contribution in [2.45, 2.75) is 38.3 Å². The SMILES string of the molecule is Cc1csc(C(=O)NC2CCN(C3CCN(C)C3=O)CC2)c1Cl. The first-order chi connectivity index (χ1) is 11.0. The number of nitrogens with zero attached hydrogens (tertiary/aromatic N) is 2. The molecule has 2 amide bonds. The topological polar surface area (TPSA) is 52.7 Å². The molecule has 1 N–H and O–H groups in total. The Labute approximate surface area is 145 Å². The largest absolute Gasteiger partial charge is 0.348 e. The first-order valence-electron chi connectivity index (χ1n) is 8.01. The molecule has 2 aliphatic heterocycles. The van der Waals surface area contributed by atoms with Crippen molar-refractivity contribution in [2.24, 2.45) is 0 Å². The summed E-state index contributed by atoms with van der Waals surface area (Å²) in [7, 11) is 1.86. The molecule has 3 heterocycles. The molecule has 1 aromatic heterocycles. The molecule has 2 aliphatic rings. The summed E-state index contributed by atoms with van der Waals surface area (Å²) in [5.41, 5.74) is 0.945. The Morgan fingerprint density at radius 2 is 2.00 bits per heavy atom. The second kappa shape index (κ2) is 6.79. The molecular weight excluding hydrogens is 334 g/mol. The van der Waals surface area contributed by atoms with E-state index < -0.39 is 0 Å². The Morgan fingerprint density at radius 3 is 2.52 bits per heavy atom. The lowest BCUT2D eigenvalue weighted by Gasteiger charge is -2.35. The van der Waals surface area contributed by atoms with Crippen molar-refractivity contribution in [3.8, 4) is 0 Å². The predicted molar refractivity (Wildman–Crippen MR) is 92.2 cm³/mol. The molecule has 1 atom stereocenters. The van der Waals surface area contributed by atoms with E-state index in [-0.39, 0.29) is 23.9 Å². The van der Waals surface area contributed by atoms with Crippen LogP contribution in [-0.4, -0.2) is 60.4 Å². The molecule has 0 saturated carbocycles. The van der Waals surface area contributed by atoms with Gasteiger partial charge in [0, 0.05) is 32.7 Å². The number of carbonyl (C=O) groups excluding carboxylic acids is 2. The molecule has 0 radical (unpaired) electrons. The van der Waals surface area contributed by atoms with Crippen molar-refractivity contribution >= 4 is 34.8 Å². The minimum atomic E-state index is -0.0803. The van der Waals surface area contributed by atoms with Gasteiger partial charge in [0.15, 0.2) is 0 Å². The van der Waals surface area contributed by atoms with Crippen molar-refractivity contribution in [2.75, 3.05) is 26.7 Å². The van der Waals surface area contributed by atoms with E-state index in [1.54, 1.807) is 4.90 Å². The van der Waals surface area contributed by atoms with Crippen molar-refractivity contribution < 1.29 is 9.59 Å². The number of halogens is 1. The van der Waals surface area contributed by atoms with E-state index in [4.69, 9.17) is 11.6 Å². The summed E-state index contributed by atoms with van der Waals surface area (Å²) in [5.74, 6) is 0.150. The first kappa shape index (κ1) is 16.7. The molecule has 1 aromatic rings. The molecule has 2 fully saturated rings. The van der Waals surface area contributed by atoms with Gasteiger partial charge in [-0.3, -0.25) is 14.5 Å². The van der Waals surface area contributed by atoms with Crippen LogP contribution in [0.2, 0.25) is 5.02 Å². The maximum Gasteiger partial charge on any atom is 0.263 e. The molecule has 1 unspecified atom stereocenters. The number of nitrogens with one attached hydrogen (secondary N) is 1. The lowest BCUT2D eigenvalue weighted by Crippen LogP contribution is -2.50. The number of aryl methyl sites for hydroxylation is 1. The zero-order valence-electron chi connectivity index (χ0n) is 13.5. The Morgan fingerprint density at radius 1 is 1.30 bits per heavy atom. The van der Waals surface area contributed by atoms with Gasteiger partial charge in [-0.05, 0) is 37.1 Å². The third-order valence-electron chi connectivity index (χ3n) is 4.81. The Hall–Kier alpha value is -1.11. The van der Waals surface area contributed by atoms with Crippen LogP contribution in [0.1, 0.15) is 34.5 Å². The van der Waals surface area contributed by atoms with Crippen LogP contribution in [0.4, 0.5) is 0 Å². The fourth-order valence-corrected chi connectivity index (χ4v) is 4.51. The van der Waals surface area contributed by atoms with E-state index >= 15 is 0 Å². The third-order valence-corrected chi connectivity index (χ3v) is 6.51. The predicted octanol–water partition coefficient (Wildman–Crippen LogP) is 2.13. The van der Waals surface area contributed by atoms with Gasteiger partial charge in [-0.25, -0.2) is 0 Å². The Balaban J connectivity index is 1.52. The number of carbonyl (C=O) groups is 2. The molecule has 2 saturated heterocycles. The van der Waals surface area contributed by atoms with E-state index in [1.165, 1.54) is 11.3 Å². The van der Waals surface area contributed by atoms with Gasteiger partial charge in [-0.2, -0.15) is 0 Å². The van der Waals surface area contributed by atoms with E-state index in [2.05, 4.69) is 10.2 Å². The van der Waals surface area contributed by atoms with Gasteiger partial charge in [0.1, 0.15) is 4.88 Å². The molecule has 126 valence electrons. The fourth-order valence-electron chi connectivity index (χ4n) is 3.33. The minimum absolute atomic E-state index is 0.0334. The number of thiophene rings is 1. The van der Waals surface area contributed by atoms with Gasteiger partial charge in [-0.15, -0.1) is 11.3 Å². The van der Waals surface area contributed by atoms with Gasteiger partial charge in [0.25, 0.3) is 5.91 Å². The molecule has 0 aromatic carbocycles. The van der Waals surface area contributed by atoms with Crippen LogP contribution in [-0.2, 0) is 4.79 Å². The van der Waals surface area contributed by atoms with Crippen molar-refractivity contribution in [3.63, 3.8) is 0 Å². The second-order valence-corrected chi connectivity index (χ2v) is 7.67. The summed E-state index contributed by atoms with van der Waals surface area (Å²) in [5, 5.41) is 5.55. The van der Waals surface area contributed by atoms with Crippen LogP contribution in [0.3, 0.4) is 0 Å². The summed E-state index contributed by atoms with van der Waals surface area (Å²) >= 11 is 7.55. The van der Waals surface area contributed by atoms with Crippen LogP contribution in [0.15, 0.2) is 5.38 Å². The molecule has 3 rings (SSSR count). The van der Waals surface area contributed by atoms with E-state index in [9.17, 15) is 9.59 Å². The highest BCUT2D eigenvalue weighted by molar-refractivity contribution is 7.13. The molecule has 5 nitrogen and oxygen atoms in total. The minimum Gasteiger partial charge on any atom is -0.348 e. The summed E-state index contributed by atoms with van der Waals surface area (Å²) in [6.45, 7) is 4.46. The van der Waals surface area contributed by atoms with Gasteiger partial charge in [-0.1, -0.05) is 11.6 Å². The van der Waals surface area contributed by atoms with Crippen molar-refractivity contribution in [3.05, 3.63) is 20.8 Å². The first-order valence-corrected chi connectivity index (χ1v) is 9.26.